The van der Waals surface area contributed by atoms with Gasteiger partial charge in [0.05, 0.1) is 12.2 Å². The molecule has 0 aliphatic heterocycles. The van der Waals surface area contributed by atoms with Crippen LogP contribution in [0.5, 0.6) is 5.75 Å². The number of benzene rings is 3. The molecule has 4 rings (SSSR count). The monoisotopic (exact) mass is 468 g/mol. The van der Waals surface area contributed by atoms with Crippen LogP contribution in [0.4, 0.5) is 8.78 Å². The topological polar surface area (TPSA) is 35.5 Å². The molecule has 170 valence electrons. The Morgan fingerprint density at radius 3 is 2.45 bits per heavy atom. The average Bonchev–Trinajstić information content (AvgIpc) is 3.29. The maximum Gasteiger partial charge on any atom is 0.338 e. The summed E-state index contributed by atoms with van der Waals surface area (Å²) in [4.78, 5) is 12.2. The van der Waals surface area contributed by atoms with Gasteiger partial charge in [-0.05, 0) is 97.0 Å². The predicted octanol–water partition coefficient (Wildman–Crippen LogP) is 7.47. The van der Waals surface area contributed by atoms with Crippen LogP contribution in [0, 0.1) is 11.6 Å². The smallest absolute Gasteiger partial charge is 0.338 e. The van der Waals surface area contributed by atoms with Crippen molar-refractivity contribution in [3.05, 3.63) is 99.6 Å². The second-order valence-electron chi connectivity index (χ2n) is 7.82. The van der Waals surface area contributed by atoms with E-state index < -0.39 is 11.8 Å². The highest BCUT2D eigenvalue weighted by atomic mass is 35.5. The molecular weight excluding hydrogens is 446 g/mol. The van der Waals surface area contributed by atoms with Gasteiger partial charge in [-0.15, -0.1) is 0 Å². The summed E-state index contributed by atoms with van der Waals surface area (Å²) in [5, 5.41) is 0.560. The van der Waals surface area contributed by atoms with Crippen LogP contribution in [0.15, 0.2) is 60.7 Å². The zero-order valence-electron chi connectivity index (χ0n) is 18.2. The van der Waals surface area contributed by atoms with Gasteiger partial charge in [-0.2, -0.15) is 0 Å². The van der Waals surface area contributed by atoms with Gasteiger partial charge in [-0.1, -0.05) is 23.7 Å². The molecule has 0 saturated carbocycles. The number of rotatable bonds is 7. The number of carbonyl (C=O) groups excluding carboxylic acids is 1. The fourth-order valence-electron chi connectivity index (χ4n) is 4.06. The van der Waals surface area contributed by atoms with Crippen molar-refractivity contribution in [2.24, 2.45) is 0 Å². The first kappa shape index (κ1) is 23.0. The lowest BCUT2D eigenvalue weighted by Gasteiger charge is -2.16. The number of hydrogen-bond donors (Lipinski definition) is 0. The predicted molar refractivity (Wildman–Crippen MR) is 125 cm³/mol. The first-order valence-corrected chi connectivity index (χ1v) is 11.2. The van der Waals surface area contributed by atoms with Crippen molar-refractivity contribution in [2.75, 3.05) is 6.61 Å². The van der Waals surface area contributed by atoms with Crippen LogP contribution in [0.3, 0.4) is 0 Å². The Labute approximate surface area is 196 Å². The van der Waals surface area contributed by atoms with E-state index in [2.05, 4.69) is 0 Å². The molecule has 3 nitrogen and oxygen atoms in total. The van der Waals surface area contributed by atoms with E-state index in [4.69, 9.17) is 21.1 Å². The summed E-state index contributed by atoms with van der Waals surface area (Å²) in [5.74, 6) is -0.707. The van der Waals surface area contributed by atoms with E-state index in [1.807, 2.05) is 6.07 Å². The van der Waals surface area contributed by atoms with Gasteiger partial charge < -0.3 is 9.47 Å². The molecular formula is C27H23ClF2O3. The van der Waals surface area contributed by atoms with Crippen LogP contribution in [-0.4, -0.2) is 12.6 Å². The highest BCUT2D eigenvalue weighted by Gasteiger charge is 2.22. The van der Waals surface area contributed by atoms with Crippen molar-refractivity contribution >= 4 is 28.7 Å². The third-order valence-electron chi connectivity index (χ3n) is 5.55. The van der Waals surface area contributed by atoms with Gasteiger partial charge in [0, 0.05) is 10.6 Å². The molecule has 0 spiro atoms. The Kier molecular flexibility index (Phi) is 7.09. The van der Waals surface area contributed by atoms with Crippen molar-refractivity contribution in [1.29, 1.82) is 0 Å². The lowest BCUT2D eigenvalue weighted by atomic mass is 9.95. The molecule has 0 aromatic heterocycles. The first-order chi connectivity index (χ1) is 15.9. The van der Waals surface area contributed by atoms with Crippen molar-refractivity contribution in [1.82, 2.24) is 0 Å². The molecule has 0 N–H and O–H groups in total. The molecule has 6 heteroatoms. The zero-order valence-corrected chi connectivity index (χ0v) is 18.9. The summed E-state index contributed by atoms with van der Waals surface area (Å²) in [6.45, 7) is 2.20. The molecule has 0 heterocycles. The summed E-state index contributed by atoms with van der Waals surface area (Å²) in [6.07, 6.45) is 2.40. The van der Waals surface area contributed by atoms with Crippen molar-refractivity contribution in [2.45, 2.75) is 32.8 Å². The van der Waals surface area contributed by atoms with Gasteiger partial charge in [-0.25, -0.2) is 13.6 Å². The lowest BCUT2D eigenvalue weighted by molar-refractivity contribution is 0.0525. The minimum absolute atomic E-state index is 0.185. The Morgan fingerprint density at radius 1 is 0.939 bits per heavy atom. The summed E-state index contributed by atoms with van der Waals surface area (Å²) in [5.41, 5.74) is 4.46. The molecule has 0 radical (unpaired) electrons. The molecule has 33 heavy (non-hydrogen) atoms. The standard InChI is InChI=1S/C27H23ClF2O3/c1-2-32-27(31)19-12-18(13-22(30)14-19)23-4-3-5-24(23)25-15-20(28)8-11-26(25)33-16-17-6-9-21(29)10-7-17/h6-15H,2-5,16H2,1H3. The third kappa shape index (κ3) is 5.42. The van der Waals surface area contributed by atoms with Gasteiger partial charge in [-0.3, -0.25) is 0 Å². The van der Waals surface area contributed by atoms with Gasteiger partial charge in [0.25, 0.3) is 0 Å². The van der Waals surface area contributed by atoms with E-state index in [0.717, 1.165) is 41.5 Å². The Morgan fingerprint density at radius 2 is 1.70 bits per heavy atom. The van der Waals surface area contributed by atoms with Gasteiger partial charge >= 0.3 is 5.97 Å². The van der Waals surface area contributed by atoms with Crippen LogP contribution in [0.25, 0.3) is 11.1 Å². The van der Waals surface area contributed by atoms with E-state index in [0.29, 0.717) is 16.3 Å². The maximum atomic E-state index is 14.4. The molecule has 0 unspecified atom stereocenters. The van der Waals surface area contributed by atoms with Gasteiger partial charge in [0.15, 0.2) is 0 Å². The Balaban J connectivity index is 1.71. The normalized spacial score (nSPS) is 13.3. The molecule has 1 aliphatic carbocycles. The van der Waals surface area contributed by atoms with Crippen LogP contribution in [-0.2, 0) is 11.3 Å². The fourth-order valence-corrected chi connectivity index (χ4v) is 4.23. The minimum atomic E-state index is -0.551. The molecule has 3 aromatic rings. The van der Waals surface area contributed by atoms with Crippen LogP contribution in [0.1, 0.15) is 53.2 Å². The van der Waals surface area contributed by atoms with E-state index in [-0.39, 0.29) is 24.6 Å². The van der Waals surface area contributed by atoms with Crippen LogP contribution < -0.4 is 4.74 Å². The Hall–Kier alpha value is -3.18. The number of halogens is 3. The molecule has 0 bridgehead atoms. The fraction of sp³-hybridized carbons (Fsp3) is 0.222. The average molecular weight is 469 g/mol. The van der Waals surface area contributed by atoms with Crippen LogP contribution in [0.2, 0.25) is 5.02 Å². The highest BCUT2D eigenvalue weighted by Crippen LogP contribution is 2.44. The van der Waals surface area contributed by atoms with E-state index in [9.17, 15) is 13.6 Å². The van der Waals surface area contributed by atoms with Gasteiger partial charge in [0.2, 0.25) is 0 Å². The molecule has 0 fully saturated rings. The number of hydrogen-bond acceptors (Lipinski definition) is 3. The molecule has 0 atom stereocenters. The van der Waals surface area contributed by atoms with E-state index >= 15 is 0 Å². The van der Waals surface area contributed by atoms with Crippen molar-refractivity contribution in [3.8, 4) is 5.75 Å². The zero-order chi connectivity index (χ0) is 23.4. The molecule has 0 amide bonds. The second kappa shape index (κ2) is 10.2. The minimum Gasteiger partial charge on any atom is -0.488 e. The van der Waals surface area contributed by atoms with E-state index in [1.165, 1.54) is 24.3 Å². The maximum absolute atomic E-state index is 14.4. The number of ether oxygens (including phenoxy) is 2. The molecule has 3 aromatic carbocycles. The largest absolute Gasteiger partial charge is 0.488 e. The number of carbonyl (C=O) groups is 1. The van der Waals surface area contributed by atoms with Crippen molar-refractivity contribution < 1.29 is 23.0 Å². The number of esters is 1. The second-order valence-corrected chi connectivity index (χ2v) is 8.25. The summed E-state index contributed by atoms with van der Waals surface area (Å²) < 4.78 is 38.7. The molecule has 0 saturated heterocycles. The van der Waals surface area contributed by atoms with Crippen molar-refractivity contribution in [3.63, 3.8) is 0 Å². The molecule has 1 aliphatic rings. The highest BCUT2D eigenvalue weighted by molar-refractivity contribution is 6.30. The Bertz CT molecular complexity index is 1200. The summed E-state index contributed by atoms with van der Waals surface area (Å²) in [7, 11) is 0. The van der Waals surface area contributed by atoms with Gasteiger partial charge in [0.1, 0.15) is 24.0 Å². The number of allylic oxidation sites excluding steroid dienone is 2. The third-order valence-corrected chi connectivity index (χ3v) is 5.78. The summed E-state index contributed by atoms with van der Waals surface area (Å²) in [6, 6.07) is 15.8. The SMILES string of the molecule is CCOC(=O)c1cc(F)cc(C2=C(c3cc(Cl)ccc3OCc3ccc(F)cc3)CCC2)c1. The van der Waals surface area contributed by atoms with Crippen LogP contribution >= 0.6 is 11.6 Å². The van der Waals surface area contributed by atoms with E-state index in [1.54, 1.807) is 37.3 Å². The first-order valence-electron chi connectivity index (χ1n) is 10.8. The summed E-state index contributed by atoms with van der Waals surface area (Å²) >= 11 is 6.31. The quantitative estimate of drug-likeness (QED) is 0.337. The lowest BCUT2D eigenvalue weighted by Crippen LogP contribution is -2.06.